The predicted octanol–water partition coefficient (Wildman–Crippen LogP) is -6.04. The molecular formula is C36H62N10O12. The minimum atomic E-state index is -1.91. The van der Waals surface area contributed by atoms with E-state index in [-0.39, 0.29) is 42.8 Å². The van der Waals surface area contributed by atoms with Gasteiger partial charge in [-0.15, -0.1) is 0 Å². The van der Waals surface area contributed by atoms with Crippen LogP contribution in [0.3, 0.4) is 0 Å². The van der Waals surface area contributed by atoms with E-state index in [1.807, 2.05) is 24.3 Å². The molecule has 1 heterocycles. The third kappa shape index (κ3) is 16.6. The van der Waals surface area contributed by atoms with Crippen LogP contribution in [0.5, 0.6) is 0 Å². The summed E-state index contributed by atoms with van der Waals surface area (Å²) in [6.45, 7) is -0.305. The minimum absolute atomic E-state index is 0.0769. The molecule has 20 N–H and O–H groups in total. The first-order chi connectivity index (χ1) is 27.4. The molecule has 328 valence electrons. The standard InChI is InChI=1S/C36H62N10O12/c1-19-32(37)44-33(38)27(43-19)35(58)45-36(40)42-12-3-2-5-20-6-8-21(9-7-20)10-11-22(34(39)57)41-13-4-14-46(15-23(49)28(53)30(55)25(51)17-47)16-24(50)29(54)31(56)26(52)18-48/h6-9,22-26,28-31,41,47-56H,2-5,10-18H2,1H3,(H2,39,57)(H4,37,38,44)(H3,40,42,45,58). The molecule has 2 aromatic rings. The van der Waals surface area contributed by atoms with E-state index in [0.29, 0.717) is 31.5 Å². The molecule has 0 bridgehead atoms. The number of aliphatic hydroxyl groups excluding tert-OH is 10. The number of aryl methyl sites for hydroxylation is 3. The Hall–Kier alpha value is -4.17. The number of nitrogens with two attached hydrogens (primary N) is 4. The van der Waals surface area contributed by atoms with Crippen LogP contribution in [0.15, 0.2) is 29.3 Å². The monoisotopic (exact) mass is 826 g/mol. The van der Waals surface area contributed by atoms with E-state index in [0.717, 1.165) is 24.0 Å². The average Bonchev–Trinajstić information content (AvgIpc) is 3.19. The van der Waals surface area contributed by atoms with Crippen molar-refractivity contribution in [2.24, 2.45) is 16.5 Å². The Morgan fingerprint density at radius 3 is 1.78 bits per heavy atom. The van der Waals surface area contributed by atoms with Gasteiger partial charge in [0.05, 0.1) is 37.2 Å². The molecule has 22 nitrogen and oxygen atoms in total. The lowest BCUT2D eigenvalue weighted by molar-refractivity contribution is -0.130. The fourth-order valence-electron chi connectivity index (χ4n) is 5.80. The number of aliphatic imine (C=N–C) groups is 1. The number of anilines is 2. The summed E-state index contributed by atoms with van der Waals surface area (Å²) in [5, 5.41) is 105. The number of nitrogen functional groups attached to an aromatic ring is 2. The SMILES string of the molecule is Cc1nc(C(=O)NC(N)=NCCCCc2ccc(CCC(NCCCN(CC(O)C(O)C(O)C(O)CO)CC(O)C(O)C(O)C(O)CO)C(N)=O)cc2)c(N)nc1N. The van der Waals surface area contributed by atoms with E-state index in [1.165, 1.54) is 4.90 Å². The zero-order chi connectivity index (χ0) is 43.5. The molecule has 2 amide bonds. The lowest BCUT2D eigenvalue weighted by atomic mass is 10.0. The number of nitrogens with one attached hydrogen (secondary N) is 2. The van der Waals surface area contributed by atoms with Gasteiger partial charge >= 0.3 is 0 Å². The number of benzene rings is 1. The fraction of sp³-hybridized carbons (Fsp3) is 0.639. The van der Waals surface area contributed by atoms with Crippen LogP contribution in [-0.2, 0) is 17.6 Å². The van der Waals surface area contributed by atoms with Crippen molar-refractivity contribution in [2.45, 2.75) is 100 Å². The molecule has 1 aromatic heterocycles. The van der Waals surface area contributed by atoms with Gasteiger partial charge in [-0.1, -0.05) is 24.3 Å². The molecule has 9 unspecified atom stereocenters. The van der Waals surface area contributed by atoms with E-state index < -0.39 is 93.0 Å². The minimum Gasteiger partial charge on any atom is -0.394 e. The largest absolute Gasteiger partial charge is 0.394 e. The van der Waals surface area contributed by atoms with Crippen molar-refractivity contribution in [3.05, 3.63) is 46.8 Å². The van der Waals surface area contributed by atoms with E-state index in [1.54, 1.807) is 6.92 Å². The molecule has 0 radical (unpaired) electrons. The molecule has 0 saturated carbocycles. The van der Waals surface area contributed by atoms with E-state index >= 15 is 0 Å². The Bertz CT molecular complexity index is 1550. The van der Waals surface area contributed by atoms with Crippen LogP contribution in [0.1, 0.15) is 53.0 Å². The second-order valence-electron chi connectivity index (χ2n) is 14.1. The summed E-state index contributed by atoms with van der Waals surface area (Å²) in [5.74, 6) is -1.30. The summed E-state index contributed by atoms with van der Waals surface area (Å²) < 4.78 is 0. The Morgan fingerprint density at radius 1 is 0.741 bits per heavy atom. The van der Waals surface area contributed by atoms with Crippen molar-refractivity contribution < 1.29 is 60.7 Å². The van der Waals surface area contributed by atoms with Gasteiger partial charge in [0.25, 0.3) is 5.91 Å². The average molecular weight is 827 g/mol. The molecule has 0 aliphatic rings. The molecule has 0 aliphatic carbocycles. The van der Waals surface area contributed by atoms with Gasteiger partial charge in [-0.2, -0.15) is 0 Å². The number of guanidine groups is 1. The smallest absolute Gasteiger partial charge is 0.280 e. The number of aromatic nitrogens is 2. The number of carbonyl (C=O) groups is 2. The number of nitrogens with zero attached hydrogens (tertiary/aromatic N) is 4. The van der Waals surface area contributed by atoms with Crippen molar-refractivity contribution in [3.8, 4) is 0 Å². The Balaban J connectivity index is 1.86. The Labute approximate surface area is 336 Å². The molecular weight excluding hydrogens is 764 g/mol. The second kappa shape index (κ2) is 25.3. The summed E-state index contributed by atoms with van der Waals surface area (Å²) in [4.78, 5) is 38.2. The van der Waals surface area contributed by atoms with E-state index in [4.69, 9.17) is 33.1 Å². The number of hydrogen-bond acceptors (Lipinski definition) is 19. The maximum atomic E-state index is 12.4. The van der Waals surface area contributed by atoms with Crippen molar-refractivity contribution in [1.82, 2.24) is 25.5 Å². The summed E-state index contributed by atoms with van der Waals surface area (Å²) in [5.41, 5.74) is 25.2. The quantitative estimate of drug-likeness (QED) is 0.0226. The highest BCUT2D eigenvalue weighted by Gasteiger charge is 2.34. The number of hydrogen-bond donors (Lipinski definition) is 16. The van der Waals surface area contributed by atoms with Gasteiger partial charge in [0.15, 0.2) is 17.5 Å². The highest BCUT2D eigenvalue weighted by atomic mass is 16.4. The van der Waals surface area contributed by atoms with Crippen LogP contribution in [-0.4, -0.2) is 185 Å². The Morgan fingerprint density at radius 2 is 1.26 bits per heavy atom. The molecule has 2 rings (SSSR count). The van der Waals surface area contributed by atoms with Crippen molar-refractivity contribution in [2.75, 3.05) is 57.4 Å². The summed E-state index contributed by atoms with van der Waals surface area (Å²) >= 11 is 0. The predicted molar refractivity (Wildman–Crippen MR) is 212 cm³/mol. The van der Waals surface area contributed by atoms with Crippen LogP contribution >= 0.6 is 0 Å². The van der Waals surface area contributed by atoms with E-state index in [2.05, 4.69) is 25.6 Å². The summed E-state index contributed by atoms with van der Waals surface area (Å²) in [6.07, 6.45) is -11.1. The summed E-state index contributed by atoms with van der Waals surface area (Å²) in [7, 11) is 0. The van der Waals surface area contributed by atoms with Gasteiger partial charge < -0.3 is 79.3 Å². The third-order valence-corrected chi connectivity index (χ3v) is 9.42. The molecule has 22 heteroatoms. The maximum absolute atomic E-state index is 12.4. The van der Waals surface area contributed by atoms with Crippen LogP contribution in [0.25, 0.3) is 0 Å². The highest BCUT2D eigenvalue weighted by Crippen LogP contribution is 2.14. The van der Waals surface area contributed by atoms with Crippen LogP contribution < -0.4 is 33.6 Å². The number of unbranched alkanes of at least 4 members (excludes halogenated alkanes) is 1. The normalized spacial score (nSPS) is 16.9. The number of aliphatic hydroxyl groups is 10. The molecule has 0 aliphatic heterocycles. The Kier molecular flexibility index (Phi) is 21.8. The maximum Gasteiger partial charge on any atom is 0.280 e. The van der Waals surface area contributed by atoms with Gasteiger partial charge in [-0.3, -0.25) is 24.8 Å². The van der Waals surface area contributed by atoms with Crippen LogP contribution in [0, 0.1) is 6.92 Å². The van der Waals surface area contributed by atoms with Gasteiger partial charge in [0.2, 0.25) is 5.91 Å². The second-order valence-corrected chi connectivity index (χ2v) is 14.1. The fourth-order valence-corrected chi connectivity index (χ4v) is 5.80. The van der Waals surface area contributed by atoms with Crippen molar-refractivity contribution >= 4 is 29.4 Å². The number of amides is 2. The van der Waals surface area contributed by atoms with Crippen molar-refractivity contribution in [1.29, 1.82) is 0 Å². The van der Waals surface area contributed by atoms with Gasteiger partial charge in [0, 0.05) is 19.6 Å². The topological polar surface area (TPSA) is 406 Å². The van der Waals surface area contributed by atoms with Gasteiger partial charge in [0.1, 0.15) is 42.4 Å². The summed E-state index contributed by atoms with van der Waals surface area (Å²) in [6, 6.07) is 7.17. The molecule has 0 spiro atoms. The first kappa shape index (κ1) is 50.0. The highest BCUT2D eigenvalue weighted by molar-refractivity contribution is 6.06. The molecule has 0 saturated heterocycles. The molecule has 58 heavy (non-hydrogen) atoms. The van der Waals surface area contributed by atoms with Crippen molar-refractivity contribution in [3.63, 3.8) is 0 Å². The third-order valence-electron chi connectivity index (χ3n) is 9.42. The number of carbonyl (C=O) groups excluding carboxylic acids is 2. The molecule has 1 aromatic carbocycles. The lowest BCUT2D eigenvalue weighted by Crippen LogP contribution is -2.53. The number of rotatable bonds is 27. The van der Waals surface area contributed by atoms with Crippen LogP contribution in [0.2, 0.25) is 0 Å². The zero-order valence-electron chi connectivity index (χ0n) is 32.6. The molecule has 9 atom stereocenters. The van der Waals surface area contributed by atoms with E-state index in [9.17, 15) is 50.4 Å². The zero-order valence-corrected chi connectivity index (χ0v) is 32.6. The number of primary amides is 1. The van der Waals surface area contributed by atoms with Crippen LogP contribution in [0.4, 0.5) is 11.6 Å². The first-order valence-corrected chi connectivity index (χ1v) is 18.9. The van der Waals surface area contributed by atoms with Gasteiger partial charge in [-0.25, -0.2) is 9.97 Å². The first-order valence-electron chi connectivity index (χ1n) is 18.9. The van der Waals surface area contributed by atoms with Gasteiger partial charge in [-0.05, 0) is 69.7 Å². The molecule has 0 fully saturated rings. The lowest BCUT2D eigenvalue weighted by Gasteiger charge is -2.33.